The molecule has 0 saturated heterocycles. The Labute approximate surface area is 123 Å². The minimum absolute atomic E-state index is 0.0531. The molecule has 0 atom stereocenters. The van der Waals surface area contributed by atoms with Gasteiger partial charge in [0.1, 0.15) is 23.2 Å². The lowest BCUT2D eigenvalue weighted by atomic mass is 10.1. The Bertz CT molecular complexity index is 628. The van der Waals surface area contributed by atoms with Crippen molar-refractivity contribution in [3.8, 4) is 5.75 Å². The molecule has 2 aromatic carbocycles. The van der Waals surface area contributed by atoms with E-state index < -0.39 is 5.82 Å². The summed E-state index contributed by atoms with van der Waals surface area (Å²) < 4.78 is 19.8. The molecule has 2 N–H and O–H groups in total. The minimum atomic E-state index is -0.411. The molecule has 0 amide bonds. The van der Waals surface area contributed by atoms with Crippen molar-refractivity contribution in [3.63, 3.8) is 0 Å². The SMILES string of the molecule is CCc1cccc(OCc2cccc(C(N)=S)c2F)c1. The number of ether oxygens (including phenoxy) is 1. The van der Waals surface area contributed by atoms with Crippen molar-refractivity contribution in [2.75, 3.05) is 0 Å². The summed E-state index contributed by atoms with van der Waals surface area (Å²) in [5, 5.41) is 0. The van der Waals surface area contributed by atoms with Crippen molar-refractivity contribution in [1.29, 1.82) is 0 Å². The van der Waals surface area contributed by atoms with Crippen molar-refractivity contribution in [2.24, 2.45) is 5.73 Å². The Hall–Kier alpha value is -1.94. The van der Waals surface area contributed by atoms with E-state index in [0.717, 1.165) is 12.2 Å². The average Bonchev–Trinajstić information content (AvgIpc) is 2.46. The minimum Gasteiger partial charge on any atom is -0.489 e. The first-order valence-electron chi connectivity index (χ1n) is 6.40. The van der Waals surface area contributed by atoms with Crippen LogP contribution >= 0.6 is 12.2 Å². The molecule has 20 heavy (non-hydrogen) atoms. The smallest absolute Gasteiger partial charge is 0.139 e. The van der Waals surface area contributed by atoms with Gasteiger partial charge in [0, 0.05) is 11.1 Å². The van der Waals surface area contributed by atoms with Gasteiger partial charge < -0.3 is 10.5 Å². The normalized spacial score (nSPS) is 10.3. The van der Waals surface area contributed by atoms with E-state index >= 15 is 0 Å². The second kappa shape index (κ2) is 6.48. The van der Waals surface area contributed by atoms with Gasteiger partial charge in [-0.05, 0) is 30.2 Å². The lowest BCUT2D eigenvalue weighted by Crippen LogP contribution is -2.13. The summed E-state index contributed by atoms with van der Waals surface area (Å²) in [7, 11) is 0. The molecule has 0 spiro atoms. The molecule has 0 fully saturated rings. The summed E-state index contributed by atoms with van der Waals surface area (Å²) in [6.45, 7) is 2.22. The zero-order valence-corrected chi connectivity index (χ0v) is 12.0. The number of hydrogen-bond acceptors (Lipinski definition) is 2. The molecule has 0 aromatic heterocycles. The first-order chi connectivity index (χ1) is 9.61. The Morgan fingerprint density at radius 1 is 1.25 bits per heavy atom. The van der Waals surface area contributed by atoms with Crippen LogP contribution in [0.1, 0.15) is 23.6 Å². The van der Waals surface area contributed by atoms with E-state index in [-0.39, 0.29) is 17.2 Å². The predicted molar refractivity (Wildman–Crippen MR) is 82.4 cm³/mol. The van der Waals surface area contributed by atoms with Gasteiger partial charge in [0.25, 0.3) is 0 Å². The lowest BCUT2D eigenvalue weighted by molar-refractivity contribution is 0.299. The molecule has 0 aliphatic carbocycles. The van der Waals surface area contributed by atoms with E-state index in [9.17, 15) is 4.39 Å². The van der Waals surface area contributed by atoms with Crippen LogP contribution in [0.15, 0.2) is 42.5 Å². The molecule has 104 valence electrons. The molecule has 0 heterocycles. The number of rotatable bonds is 5. The van der Waals surface area contributed by atoms with Gasteiger partial charge in [-0.25, -0.2) is 4.39 Å². The van der Waals surface area contributed by atoms with Crippen LogP contribution in [0.2, 0.25) is 0 Å². The summed E-state index contributed by atoms with van der Waals surface area (Å²) in [4.78, 5) is 0.0531. The average molecular weight is 289 g/mol. The van der Waals surface area contributed by atoms with E-state index in [4.69, 9.17) is 22.7 Å². The quantitative estimate of drug-likeness (QED) is 0.854. The van der Waals surface area contributed by atoms with Gasteiger partial charge in [0.15, 0.2) is 0 Å². The fourth-order valence-corrected chi connectivity index (χ4v) is 2.06. The first-order valence-corrected chi connectivity index (χ1v) is 6.81. The topological polar surface area (TPSA) is 35.2 Å². The fraction of sp³-hybridized carbons (Fsp3) is 0.188. The summed E-state index contributed by atoms with van der Waals surface area (Å²) in [5.74, 6) is 0.316. The largest absolute Gasteiger partial charge is 0.489 e. The molecule has 0 bridgehead atoms. The molecule has 0 aliphatic heterocycles. The van der Waals surface area contributed by atoms with Gasteiger partial charge in [-0.3, -0.25) is 0 Å². The van der Waals surface area contributed by atoms with Crippen LogP contribution in [0.5, 0.6) is 5.75 Å². The molecule has 2 rings (SSSR count). The molecule has 2 nitrogen and oxygen atoms in total. The van der Waals surface area contributed by atoms with Crippen molar-refractivity contribution in [1.82, 2.24) is 0 Å². The number of thiocarbonyl (C=S) groups is 1. The Kier molecular flexibility index (Phi) is 4.69. The highest BCUT2D eigenvalue weighted by Crippen LogP contribution is 2.18. The van der Waals surface area contributed by atoms with E-state index in [1.807, 2.05) is 24.3 Å². The van der Waals surface area contributed by atoms with Crippen LogP contribution in [-0.2, 0) is 13.0 Å². The van der Waals surface area contributed by atoms with Gasteiger partial charge >= 0.3 is 0 Å². The number of nitrogens with two attached hydrogens (primary N) is 1. The summed E-state index contributed by atoms with van der Waals surface area (Å²) in [6.07, 6.45) is 0.933. The summed E-state index contributed by atoms with van der Waals surface area (Å²) >= 11 is 4.82. The second-order valence-electron chi connectivity index (χ2n) is 4.43. The molecule has 0 aliphatic rings. The molecule has 0 radical (unpaired) electrons. The van der Waals surface area contributed by atoms with Crippen molar-refractivity contribution in [2.45, 2.75) is 20.0 Å². The first kappa shape index (κ1) is 14.5. The van der Waals surface area contributed by atoms with Crippen LogP contribution < -0.4 is 10.5 Å². The molecule has 4 heteroatoms. The van der Waals surface area contributed by atoms with Crippen LogP contribution in [0.25, 0.3) is 0 Å². The maximum Gasteiger partial charge on any atom is 0.139 e. The van der Waals surface area contributed by atoms with Gasteiger partial charge in [-0.2, -0.15) is 0 Å². The van der Waals surface area contributed by atoms with Crippen LogP contribution in [0, 0.1) is 5.82 Å². The maximum absolute atomic E-state index is 14.1. The van der Waals surface area contributed by atoms with Gasteiger partial charge in [0.05, 0.1) is 0 Å². The van der Waals surface area contributed by atoms with E-state index in [1.54, 1.807) is 18.2 Å². The monoisotopic (exact) mass is 289 g/mol. The van der Waals surface area contributed by atoms with Gasteiger partial charge in [-0.15, -0.1) is 0 Å². The Morgan fingerprint density at radius 2 is 2.00 bits per heavy atom. The third-order valence-electron chi connectivity index (χ3n) is 3.05. The Morgan fingerprint density at radius 3 is 2.70 bits per heavy atom. The van der Waals surface area contributed by atoms with Crippen molar-refractivity contribution < 1.29 is 9.13 Å². The summed E-state index contributed by atoms with van der Waals surface area (Å²) in [6, 6.07) is 12.7. The Balaban J connectivity index is 2.14. The summed E-state index contributed by atoms with van der Waals surface area (Å²) in [5.41, 5.74) is 7.35. The number of benzene rings is 2. The van der Waals surface area contributed by atoms with E-state index in [1.165, 1.54) is 5.56 Å². The number of hydrogen-bond donors (Lipinski definition) is 1. The highest BCUT2D eigenvalue weighted by molar-refractivity contribution is 7.80. The highest BCUT2D eigenvalue weighted by Gasteiger charge is 2.10. The molecule has 2 aromatic rings. The highest BCUT2D eigenvalue weighted by atomic mass is 32.1. The van der Waals surface area contributed by atoms with E-state index in [0.29, 0.717) is 5.56 Å². The van der Waals surface area contributed by atoms with Crippen LogP contribution in [0.3, 0.4) is 0 Å². The standard InChI is InChI=1S/C16H16FNOS/c1-2-11-5-3-7-13(9-11)19-10-12-6-4-8-14(15(12)17)16(18)20/h3-9H,2,10H2,1H3,(H2,18,20). The van der Waals surface area contributed by atoms with Gasteiger partial charge in [-0.1, -0.05) is 43.4 Å². The zero-order chi connectivity index (χ0) is 14.5. The van der Waals surface area contributed by atoms with Gasteiger partial charge in [0.2, 0.25) is 0 Å². The van der Waals surface area contributed by atoms with Crippen molar-refractivity contribution >= 4 is 17.2 Å². The fourth-order valence-electron chi connectivity index (χ4n) is 1.90. The number of aryl methyl sites for hydroxylation is 1. The van der Waals surface area contributed by atoms with E-state index in [2.05, 4.69) is 6.92 Å². The number of halogens is 1. The zero-order valence-electron chi connectivity index (χ0n) is 11.2. The molecular weight excluding hydrogens is 273 g/mol. The lowest BCUT2D eigenvalue weighted by Gasteiger charge is -2.10. The predicted octanol–water partition coefficient (Wildman–Crippen LogP) is 3.60. The van der Waals surface area contributed by atoms with Crippen LogP contribution in [0.4, 0.5) is 4.39 Å². The third-order valence-corrected chi connectivity index (χ3v) is 3.27. The molecule has 0 unspecified atom stereocenters. The second-order valence-corrected chi connectivity index (χ2v) is 4.87. The van der Waals surface area contributed by atoms with Crippen molar-refractivity contribution in [3.05, 3.63) is 65.0 Å². The maximum atomic E-state index is 14.1. The molecular formula is C16H16FNOS. The van der Waals surface area contributed by atoms with Crippen LogP contribution in [-0.4, -0.2) is 4.99 Å². The molecule has 0 saturated carbocycles. The third kappa shape index (κ3) is 3.33.